The molecule has 1 aliphatic carbocycles. The first-order valence-electron chi connectivity index (χ1n) is 6.99. The van der Waals surface area contributed by atoms with Gasteiger partial charge >= 0.3 is 0 Å². The first-order valence-corrected chi connectivity index (χ1v) is 6.99. The summed E-state index contributed by atoms with van der Waals surface area (Å²) in [7, 11) is 0. The molecule has 3 heteroatoms. The van der Waals surface area contributed by atoms with Gasteiger partial charge < -0.3 is 5.32 Å². The zero-order valence-electron chi connectivity index (χ0n) is 10.9. The molecule has 2 aliphatic rings. The second kappa shape index (κ2) is 4.14. The lowest BCUT2D eigenvalue weighted by atomic mass is 9.64. The van der Waals surface area contributed by atoms with Crippen molar-refractivity contribution in [2.45, 2.75) is 24.7 Å². The minimum absolute atomic E-state index is 0.291. The van der Waals surface area contributed by atoms with E-state index in [2.05, 4.69) is 39.6 Å². The Labute approximate surface area is 113 Å². The third-order valence-electron chi connectivity index (χ3n) is 4.63. The number of fused-ring (bicyclic) bond motifs is 4. The SMILES string of the molecule is c1ccc2c(c1)-c1ncncc1CC21CCNCC1. The van der Waals surface area contributed by atoms with Crippen molar-refractivity contribution in [3.63, 3.8) is 0 Å². The van der Waals surface area contributed by atoms with Crippen LogP contribution in [-0.4, -0.2) is 23.1 Å². The summed E-state index contributed by atoms with van der Waals surface area (Å²) in [6, 6.07) is 8.79. The molecule has 1 aromatic carbocycles. The maximum Gasteiger partial charge on any atom is 0.116 e. The van der Waals surface area contributed by atoms with Gasteiger partial charge in [0.15, 0.2) is 0 Å². The van der Waals surface area contributed by atoms with E-state index in [1.807, 2.05) is 6.20 Å². The molecule has 1 aliphatic heterocycles. The quantitative estimate of drug-likeness (QED) is 0.781. The predicted molar refractivity (Wildman–Crippen MR) is 75.0 cm³/mol. The molecule has 1 fully saturated rings. The highest BCUT2D eigenvalue weighted by atomic mass is 14.9. The molecule has 0 amide bonds. The lowest BCUT2D eigenvalue weighted by Crippen LogP contribution is -2.43. The lowest BCUT2D eigenvalue weighted by molar-refractivity contribution is 0.302. The van der Waals surface area contributed by atoms with Gasteiger partial charge in [0.05, 0.1) is 5.69 Å². The van der Waals surface area contributed by atoms with E-state index in [1.165, 1.54) is 29.5 Å². The summed E-state index contributed by atoms with van der Waals surface area (Å²) in [5, 5.41) is 3.48. The molecule has 0 bridgehead atoms. The van der Waals surface area contributed by atoms with E-state index in [-0.39, 0.29) is 0 Å². The highest BCUT2D eigenvalue weighted by Crippen LogP contribution is 2.46. The summed E-state index contributed by atoms with van der Waals surface area (Å²) < 4.78 is 0. The van der Waals surface area contributed by atoms with Crippen LogP contribution in [0.25, 0.3) is 11.3 Å². The van der Waals surface area contributed by atoms with Gasteiger partial charge in [0.25, 0.3) is 0 Å². The average Bonchev–Trinajstić information content (AvgIpc) is 2.49. The van der Waals surface area contributed by atoms with Crippen LogP contribution in [-0.2, 0) is 11.8 Å². The molecule has 1 N–H and O–H groups in total. The Hall–Kier alpha value is -1.74. The molecule has 96 valence electrons. The van der Waals surface area contributed by atoms with Crippen LogP contribution < -0.4 is 5.32 Å². The van der Waals surface area contributed by atoms with Crippen LogP contribution in [0.15, 0.2) is 36.8 Å². The summed E-state index contributed by atoms with van der Waals surface area (Å²) in [5.74, 6) is 0. The average molecular weight is 251 g/mol. The molecule has 1 spiro atoms. The van der Waals surface area contributed by atoms with E-state index >= 15 is 0 Å². The molecular formula is C16H17N3. The normalized spacial score (nSPS) is 19.8. The van der Waals surface area contributed by atoms with Crippen LogP contribution in [0.5, 0.6) is 0 Å². The smallest absolute Gasteiger partial charge is 0.116 e. The van der Waals surface area contributed by atoms with Gasteiger partial charge in [-0.25, -0.2) is 9.97 Å². The first-order chi connectivity index (χ1) is 9.39. The van der Waals surface area contributed by atoms with Crippen LogP contribution in [0, 0.1) is 0 Å². The van der Waals surface area contributed by atoms with E-state index < -0.39 is 0 Å². The van der Waals surface area contributed by atoms with E-state index in [1.54, 1.807) is 6.33 Å². The molecular weight excluding hydrogens is 234 g/mol. The highest BCUT2D eigenvalue weighted by molar-refractivity contribution is 5.71. The van der Waals surface area contributed by atoms with Gasteiger partial charge in [-0.3, -0.25) is 0 Å². The molecule has 19 heavy (non-hydrogen) atoms. The first kappa shape index (κ1) is 11.1. The molecule has 0 saturated carbocycles. The van der Waals surface area contributed by atoms with Crippen LogP contribution in [0.2, 0.25) is 0 Å². The van der Waals surface area contributed by atoms with Crippen molar-refractivity contribution in [3.05, 3.63) is 47.9 Å². The van der Waals surface area contributed by atoms with E-state index in [4.69, 9.17) is 0 Å². The Morgan fingerprint density at radius 3 is 2.84 bits per heavy atom. The molecule has 0 unspecified atom stereocenters. The van der Waals surface area contributed by atoms with Crippen molar-refractivity contribution >= 4 is 0 Å². The fourth-order valence-electron chi connectivity index (χ4n) is 3.69. The van der Waals surface area contributed by atoms with Crippen molar-refractivity contribution in [1.82, 2.24) is 15.3 Å². The minimum Gasteiger partial charge on any atom is -0.317 e. The summed E-state index contributed by atoms with van der Waals surface area (Å²) >= 11 is 0. The number of piperidine rings is 1. The van der Waals surface area contributed by atoms with Crippen LogP contribution in [0.1, 0.15) is 24.0 Å². The molecule has 0 radical (unpaired) electrons. The fourth-order valence-corrected chi connectivity index (χ4v) is 3.69. The highest BCUT2D eigenvalue weighted by Gasteiger charge is 2.39. The van der Waals surface area contributed by atoms with E-state index in [0.717, 1.165) is 25.2 Å². The van der Waals surface area contributed by atoms with Crippen LogP contribution in [0.3, 0.4) is 0 Å². The summed E-state index contributed by atoms with van der Waals surface area (Å²) in [5.41, 5.74) is 5.54. The Balaban J connectivity index is 1.95. The number of rotatable bonds is 0. The molecule has 1 aromatic heterocycles. The molecule has 3 nitrogen and oxygen atoms in total. The van der Waals surface area contributed by atoms with Gasteiger partial charge in [-0.05, 0) is 43.5 Å². The topological polar surface area (TPSA) is 37.8 Å². The van der Waals surface area contributed by atoms with Crippen LogP contribution in [0.4, 0.5) is 0 Å². The van der Waals surface area contributed by atoms with Crippen molar-refractivity contribution in [1.29, 1.82) is 0 Å². The third-order valence-corrected chi connectivity index (χ3v) is 4.63. The standard InChI is InChI=1S/C16H17N3/c1-2-4-14-13(3-1)15-12(10-18-11-19-15)9-16(14)5-7-17-8-6-16/h1-4,10-11,17H,5-9H2. The molecule has 0 atom stereocenters. The summed E-state index contributed by atoms with van der Waals surface area (Å²) in [6.07, 6.45) is 7.16. The molecule has 1 saturated heterocycles. The molecule has 2 heterocycles. The van der Waals surface area contributed by atoms with Gasteiger partial charge in [-0.15, -0.1) is 0 Å². The van der Waals surface area contributed by atoms with Crippen LogP contribution >= 0.6 is 0 Å². The van der Waals surface area contributed by atoms with Crippen molar-refractivity contribution < 1.29 is 0 Å². The van der Waals surface area contributed by atoms with Gasteiger partial charge in [0.1, 0.15) is 6.33 Å². The maximum atomic E-state index is 4.51. The zero-order chi connectivity index (χ0) is 12.7. The van der Waals surface area contributed by atoms with Gasteiger partial charge in [-0.1, -0.05) is 24.3 Å². The van der Waals surface area contributed by atoms with Gasteiger partial charge in [-0.2, -0.15) is 0 Å². The second-order valence-electron chi connectivity index (χ2n) is 5.65. The Bertz CT molecular complexity index is 615. The van der Waals surface area contributed by atoms with Crippen molar-refractivity contribution in [2.24, 2.45) is 0 Å². The Morgan fingerprint density at radius 2 is 1.95 bits per heavy atom. The predicted octanol–water partition coefficient (Wildman–Crippen LogP) is 2.32. The molecule has 2 aromatic rings. The lowest BCUT2D eigenvalue weighted by Gasteiger charge is -2.42. The monoisotopic (exact) mass is 251 g/mol. The Morgan fingerprint density at radius 1 is 1.11 bits per heavy atom. The second-order valence-corrected chi connectivity index (χ2v) is 5.65. The zero-order valence-corrected chi connectivity index (χ0v) is 10.9. The van der Waals surface area contributed by atoms with Crippen molar-refractivity contribution in [3.8, 4) is 11.3 Å². The number of hydrogen-bond acceptors (Lipinski definition) is 3. The molecule has 4 rings (SSSR count). The number of aromatic nitrogens is 2. The summed E-state index contributed by atoms with van der Waals surface area (Å²) in [6.45, 7) is 2.22. The largest absolute Gasteiger partial charge is 0.317 e. The number of nitrogens with zero attached hydrogens (tertiary/aromatic N) is 2. The number of nitrogens with one attached hydrogen (secondary N) is 1. The van der Waals surface area contributed by atoms with E-state index in [9.17, 15) is 0 Å². The van der Waals surface area contributed by atoms with Gasteiger partial charge in [0, 0.05) is 17.2 Å². The third kappa shape index (κ3) is 1.61. The Kier molecular flexibility index (Phi) is 2.42. The number of hydrogen-bond donors (Lipinski definition) is 1. The number of benzene rings is 1. The van der Waals surface area contributed by atoms with Gasteiger partial charge in [0.2, 0.25) is 0 Å². The van der Waals surface area contributed by atoms with Crippen molar-refractivity contribution in [2.75, 3.05) is 13.1 Å². The summed E-state index contributed by atoms with van der Waals surface area (Å²) in [4.78, 5) is 8.73. The maximum absolute atomic E-state index is 4.51. The van der Waals surface area contributed by atoms with E-state index in [0.29, 0.717) is 5.41 Å². The fraction of sp³-hybridized carbons (Fsp3) is 0.375. The minimum atomic E-state index is 0.291.